The highest BCUT2D eigenvalue weighted by Crippen LogP contribution is 2.40. The second-order valence-electron chi connectivity index (χ2n) is 8.01. The van der Waals surface area contributed by atoms with Crippen molar-refractivity contribution in [3.8, 4) is 0 Å². The molecule has 1 fully saturated rings. The van der Waals surface area contributed by atoms with E-state index in [1.54, 1.807) is 6.07 Å². The van der Waals surface area contributed by atoms with E-state index in [4.69, 9.17) is 9.79 Å². The van der Waals surface area contributed by atoms with Gasteiger partial charge in [-0.1, -0.05) is 38.1 Å². The van der Waals surface area contributed by atoms with Gasteiger partial charge in [-0.05, 0) is 76.4 Å². The van der Waals surface area contributed by atoms with E-state index in [0.29, 0.717) is 18.9 Å². The lowest BCUT2D eigenvalue weighted by Gasteiger charge is -2.46. The predicted molar refractivity (Wildman–Crippen MR) is 130 cm³/mol. The Morgan fingerprint density at radius 3 is 2.53 bits per heavy atom. The van der Waals surface area contributed by atoms with E-state index in [0.717, 1.165) is 55.7 Å². The summed E-state index contributed by atoms with van der Waals surface area (Å²) in [5, 5.41) is 10.7. The van der Waals surface area contributed by atoms with Crippen molar-refractivity contribution in [3.05, 3.63) is 47.8 Å². The lowest BCUT2D eigenvalue weighted by atomic mass is 9.69. The van der Waals surface area contributed by atoms with Crippen LogP contribution in [-0.2, 0) is 15.1 Å². The molecule has 0 aromatic heterocycles. The quantitative estimate of drug-likeness (QED) is 0.483. The Morgan fingerprint density at radius 1 is 1.31 bits per heavy atom. The first-order chi connectivity index (χ1) is 15.4. The number of hydrogen-bond donors (Lipinski definition) is 3. The molecule has 1 aromatic carbocycles. The van der Waals surface area contributed by atoms with Gasteiger partial charge in [0.1, 0.15) is 5.82 Å². The Balaban J connectivity index is 0.000000769. The highest BCUT2D eigenvalue weighted by atomic mass is 19.1. The van der Waals surface area contributed by atoms with Gasteiger partial charge in [-0.15, -0.1) is 0 Å². The van der Waals surface area contributed by atoms with Crippen LogP contribution in [-0.4, -0.2) is 52.1 Å². The van der Waals surface area contributed by atoms with Crippen LogP contribution in [0.4, 0.5) is 4.39 Å². The van der Waals surface area contributed by atoms with Crippen LogP contribution in [0.15, 0.2) is 41.4 Å². The third kappa shape index (κ3) is 8.02. The van der Waals surface area contributed by atoms with E-state index in [-0.39, 0.29) is 17.4 Å². The van der Waals surface area contributed by atoms with Crippen LogP contribution in [0.1, 0.15) is 52.0 Å². The third-order valence-corrected chi connectivity index (χ3v) is 5.93. The summed E-state index contributed by atoms with van der Waals surface area (Å²) in [6.45, 7) is 13.2. The SMILES string of the molecule is C=C1CN=C(C)N[C@@](c2cccc(F)c2)(C2CCNCC2)CC(NC)C1.CC.COC=O. The molecule has 0 saturated carbocycles. The standard InChI is InChI=1S/C21H31FN4.C2H4O2.C2H6/c1-15-11-20(23-3)13-21(26-16(2)25-14-15,17-7-9-24-10-8-17)18-5-4-6-19(22)12-18;1-4-2-3;1-2/h4-6,12,17,20,23-24H,1,7-11,13-14H2,2-3H3,(H,25,26);2H,1H3;1-2H3/t20?,21-;;/m1../s1. The molecule has 3 N–H and O–H groups in total. The van der Waals surface area contributed by atoms with E-state index in [1.165, 1.54) is 13.2 Å². The first-order valence-corrected chi connectivity index (χ1v) is 11.5. The molecule has 0 bridgehead atoms. The lowest BCUT2D eigenvalue weighted by Crippen LogP contribution is -2.55. The van der Waals surface area contributed by atoms with Crippen LogP contribution in [0.5, 0.6) is 0 Å². The monoisotopic (exact) mass is 448 g/mol. The largest absolute Gasteiger partial charge is 0.471 e. The van der Waals surface area contributed by atoms with Gasteiger partial charge >= 0.3 is 0 Å². The van der Waals surface area contributed by atoms with Gasteiger partial charge in [0.05, 0.1) is 25.0 Å². The molecule has 0 aliphatic carbocycles. The van der Waals surface area contributed by atoms with Crippen molar-refractivity contribution in [1.82, 2.24) is 16.0 Å². The number of benzene rings is 1. The maximum absolute atomic E-state index is 14.2. The number of halogens is 1. The van der Waals surface area contributed by atoms with E-state index in [1.807, 2.05) is 33.9 Å². The van der Waals surface area contributed by atoms with Crippen LogP contribution in [0, 0.1) is 11.7 Å². The minimum atomic E-state index is -0.337. The van der Waals surface area contributed by atoms with Crippen molar-refractivity contribution in [2.45, 2.75) is 58.0 Å². The fraction of sp³-hybridized carbons (Fsp3) is 0.600. The zero-order chi connectivity index (χ0) is 24.0. The molecule has 7 heteroatoms. The summed E-state index contributed by atoms with van der Waals surface area (Å²) in [5.41, 5.74) is 1.81. The van der Waals surface area contributed by atoms with Crippen molar-refractivity contribution in [2.24, 2.45) is 10.9 Å². The number of aliphatic imine (C=N–C) groups is 1. The lowest BCUT2D eigenvalue weighted by molar-refractivity contribution is -0.126. The number of amidine groups is 1. The second kappa shape index (κ2) is 14.7. The topological polar surface area (TPSA) is 74.8 Å². The minimum Gasteiger partial charge on any atom is -0.471 e. The second-order valence-corrected chi connectivity index (χ2v) is 8.01. The summed E-state index contributed by atoms with van der Waals surface area (Å²) in [6.07, 6.45) is 3.89. The number of carbonyl (C=O) groups is 1. The van der Waals surface area contributed by atoms with Crippen LogP contribution in [0.2, 0.25) is 0 Å². The van der Waals surface area contributed by atoms with Crippen LogP contribution < -0.4 is 16.0 Å². The fourth-order valence-electron chi connectivity index (χ4n) is 4.50. The zero-order valence-corrected chi connectivity index (χ0v) is 20.3. The molecule has 2 heterocycles. The maximum Gasteiger partial charge on any atom is 0.292 e. The van der Waals surface area contributed by atoms with Crippen LogP contribution in [0.3, 0.4) is 0 Å². The molecule has 180 valence electrons. The average molecular weight is 449 g/mol. The van der Waals surface area contributed by atoms with Gasteiger partial charge in [0.15, 0.2) is 0 Å². The van der Waals surface area contributed by atoms with Gasteiger partial charge in [-0.2, -0.15) is 0 Å². The first-order valence-electron chi connectivity index (χ1n) is 11.5. The van der Waals surface area contributed by atoms with E-state index >= 15 is 0 Å². The molecule has 1 aromatic rings. The predicted octanol–water partition coefficient (Wildman–Crippen LogP) is 3.78. The van der Waals surface area contributed by atoms with Crippen molar-refractivity contribution >= 4 is 12.3 Å². The van der Waals surface area contributed by atoms with Crippen LogP contribution >= 0.6 is 0 Å². The third-order valence-electron chi connectivity index (χ3n) is 5.93. The first kappa shape index (κ1) is 27.8. The van der Waals surface area contributed by atoms with Gasteiger partial charge < -0.3 is 20.7 Å². The molecule has 2 aliphatic rings. The molecule has 0 spiro atoms. The van der Waals surface area contributed by atoms with E-state index < -0.39 is 0 Å². The van der Waals surface area contributed by atoms with E-state index in [9.17, 15) is 4.39 Å². The molecule has 0 radical (unpaired) electrons. The molecule has 6 nitrogen and oxygen atoms in total. The van der Waals surface area contributed by atoms with Crippen molar-refractivity contribution in [3.63, 3.8) is 0 Å². The Bertz CT molecular complexity index is 734. The smallest absolute Gasteiger partial charge is 0.292 e. The summed E-state index contributed by atoms with van der Waals surface area (Å²) in [7, 11) is 3.31. The summed E-state index contributed by atoms with van der Waals surface area (Å²) in [6, 6.07) is 7.37. The number of rotatable bonds is 4. The summed E-state index contributed by atoms with van der Waals surface area (Å²) in [4.78, 5) is 13.7. The summed E-state index contributed by atoms with van der Waals surface area (Å²) >= 11 is 0. The van der Waals surface area contributed by atoms with Crippen molar-refractivity contribution in [1.29, 1.82) is 0 Å². The number of nitrogens with one attached hydrogen (secondary N) is 3. The zero-order valence-electron chi connectivity index (χ0n) is 20.3. The number of methoxy groups -OCH3 is 1. The Labute approximate surface area is 193 Å². The minimum absolute atomic E-state index is 0.183. The van der Waals surface area contributed by atoms with Gasteiger partial charge in [0, 0.05) is 6.04 Å². The van der Waals surface area contributed by atoms with Gasteiger partial charge in [-0.25, -0.2) is 4.39 Å². The molecule has 32 heavy (non-hydrogen) atoms. The number of nitrogens with zero attached hydrogens (tertiary/aromatic N) is 1. The van der Waals surface area contributed by atoms with Crippen molar-refractivity contribution < 1.29 is 13.9 Å². The summed E-state index contributed by atoms with van der Waals surface area (Å²) < 4.78 is 18.0. The molecule has 2 atom stereocenters. The number of carbonyl (C=O) groups excluding carboxylic acids is 1. The van der Waals surface area contributed by atoms with Gasteiger partial charge in [-0.3, -0.25) is 9.79 Å². The number of ether oxygens (including phenoxy) is 1. The van der Waals surface area contributed by atoms with E-state index in [2.05, 4.69) is 33.3 Å². The Hall–Kier alpha value is -2.25. The molecule has 1 saturated heterocycles. The Morgan fingerprint density at radius 2 is 1.97 bits per heavy atom. The molecular formula is C25H41FN4O2. The molecule has 2 aliphatic heterocycles. The van der Waals surface area contributed by atoms with Gasteiger partial charge in [0.2, 0.25) is 0 Å². The highest BCUT2D eigenvalue weighted by molar-refractivity contribution is 5.80. The molecule has 1 unspecified atom stereocenters. The highest BCUT2D eigenvalue weighted by Gasteiger charge is 2.43. The normalized spacial score (nSPS) is 24.0. The maximum atomic E-state index is 14.2. The van der Waals surface area contributed by atoms with Gasteiger partial charge in [0.25, 0.3) is 6.47 Å². The van der Waals surface area contributed by atoms with Crippen LogP contribution in [0.25, 0.3) is 0 Å². The average Bonchev–Trinajstić information content (AvgIpc) is 2.89. The molecule has 0 amide bonds. The summed E-state index contributed by atoms with van der Waals surface area (Å²) in [5.74, 6) is 1.14. The number of piperidine rings is 1. The fourth-order valence-corrected chi connectivity index (χ4v) is 4.50. The molecular weight excluding hydrogens is 407 g/mol. The van der Waals surface area contributed by atoms with Crippen molar-refractivity contribution in [2.75, 3.05) is 33.8 Å². The molecule has 3 rings (SSSR count). The number of hydrogen-bond acceptors (Lipinski definition) is 6. The Kier molecular flexibility index (Phi) is 12.8.